The molecule has 0 amide bonds. The highest BCUT2D eigenvalue weighted by atomic mass is 35.5. The van der Waals surface area contributed by atoms with Crippen molar-refractivity contribution >= 4 is 11.6 Å². The van der Waals surface area contributed by atoms with Crippen LogP contribution in [0.25, 0.3) is 0 Å². The summed E-state index contributed by atoms with van der Waals surface area (Å²) in [6.07, 6.45) is -7.83. The molecule has 0 fully saturated rings. The second kappa shape index (κ2) is 5.66. The first-order valence-electron chi connectivity index (χ1n) is 4.51. The lowest BCUT2D eigenvalue weighted by atomic mass is 10.1. The van der Waals surface area contributed by atoms with E-state index < -0.39 is 36.3 Å². The van der Waals surface area contributed by atoms with Crippen molar-refractivity contribution in [2.45, 2.75) is 25.3 Å². The van der Waals surface area contributed by atoms with Crippen LogP contribution in [0.4, 0.5) is 22.0 Å². The van der Waals surface area contributed by atoms with E-state index in [0.29, 0.717) is 6.20 Å². The van der Waals surface area contributed by atoms with Crippen LogP contribution >= 0.6 is 11.6 Å². The molecular weight excluding hydrogens is 285 g/mol. The molecular formula is C9H7ClF5NO2. The summed E-state index contributed by atoms with van der Waals surface area (Å²) in [5.41, 5.74) is -1.70. The SMILES string of the molecule is OCc1c(CCl)ncc(C(F)F)c1OC(F)(F)F. The van der Waals surface area contributed by atoms with E-state index in [1.54, 1.807) is 0 Å². The summed E-state index contributed by atoms with van der Waals surface area (Å²) < 4.78 is 65.0. The van der Waals surface area contributed by atoms with Crippen molar-refractivity contribution in [1.29, 1.82) is 0 Å². The molecule has 18 heavy (non-hydrogen) atoms. The van der Waals surface area contributed by atoms with Crippen molar-refractivity contribution in [2.75, 3.05) is 0 Å². The molecule has 1 rings (SSSR count). The van der Waals surface area contributed by atoms with E-state index in [9.17, 15) is 22.0 Å². The number of nitrogens with zero attached hydrogens (tertiary/aromatic N) is 1. The topological polar surface area (TPSA) is 42.4 Å². The van der Waals surface area contributed by atoms with Gasteiger partial charge in [-0.25, -0.2) is 8.78 Å². The number of pyridine rings is 1. The zero-order valence-electron chi connectivity index (χ0n) is 8.64. The van der Waals surface area contributed by atoms with E-state index in [2.05, 4.69) is 9.72 Å². The van der Waals surface area contributed by atoms with Crippen LogP contribution in [0.5, 0.6) is 5.75 Å². The van der Waals surface area contributed by atoms with E-state index >= 15 is 0 Å². The molecule has 0 bridgehead atoms. The van der Waals surface area contributed by atoms with Crippen LogP contribution in [0.3, 0.4) is 0 Å². The smallest absolute Gasteiger partial charge is 0.405 e. The number of aliphatic hydroxyl groups is 1. The van der Waals surface area contributed by atoms with E-state index in [1.165, 1.54) is 0 Å². The summed E-state index contributed by atoms with van der Waals surface area (Å²) >= 11 is 5.39. The van der Waals surface area contributed by atoms with Crippen LogP contribution in [-0.2, 0) is 12.5 Å². The average molecular weight is 292 g/mol. The Labute approximate surface area is 103 Å². The minimum atomic E-state index is -5.15. The molecule has 1 N–H and O–H groups in total. The molecule has 1 aromatic rings. The summed E-state index contributed by atoms with van der Waals surface area (Å²) in [5, 5.41) is 8.94. The lowest BCUT2D eigenvalue weighted by molar-refractivity contribution is -0.275. The van der Waals surface area contributed by atoms with Gasteiger partial charge in [0.1, 0.15) is 5.75 Å². The predicted molar refractivity (Wildman–Crippen MR) is 51.4 cm³/mol. The molecule has 0 unspecified atom stereocenters. The molecule has 3 nitrogen and oxygen atoms in total. The summed E-state index contributed by atoms with van der Waals surface area (Å²) in [7, 11) is 0. The number of halogens is 6. The first-order valence-corrected chi connectivity index (χ1v) is 5.05. The molecule has 0 saturated heterocycles. The minimum absolute atomic E-state index is 0.150. The Kier molecular flexibility index (Phi) is 4.69. The van der Waals surface area contributed by atoms with Gasteiger partial charge in [-0.3, -0.25) is 4.98 Å². The van der Waals surface area contributed by atoms with Gasteiger partial charge in [0.15, 0.2) is 0 Å². The summed E-state index contributed by atoms with van der Waals surface area (Å²) in [4.78, 5) is 3.46. The monoisotopic (exact) mass is 291 g/mol. The molecule has 0 saturated carbocycles. The lowest BCUT2D eigenvalue weighted by Crippen LogP contribution is -2.20. The number of hydrogen-bond donors (Lipinski definition) is 1. The van der Waals surface area contributed by atoms with Gasteiger partial charge in [-0.15, -0.1) is 24.8 Å². The number of aromatic nitrogens is 1. The third-order valence-corrected chi connectivity index (χ3v) is 2.23. The van der Waals surface area contributed by atoms with Crippen molar-refractivity contribution < 1.29 is 31.8 Å². The van der Waals surface area contributed by atoms with E-state index in [1.807, 2.05) is 0 Å². The lowest BCUT2D eigenvalue weighted by Gasteiger charge is -2.17. The maximum Gasteiger partial charge on any atom is 0.573 e. The first-order chi connectivity index (χ1) is 8.30. The molecule has 0 atom stereocenters. The van der Waals surface area contributed by atoms with Gasteiger partial charge in [-0.1, -0.05) is 0 Å². The third-order valence-electron chi connectivity index (χ3n) is 1.98. The Balaban J connectivity index is 3.38. The summed E-state index contributed by atoms with van der Waals surface area (Å²) in [6.45, 7) is -0.943. The third kappa shape index (κ3) is 3.42. The van der Waals surface area contributed by atoms with Crippen molar-refractivity contribution in [2.24, 2.45) is 0 Å². The van der Waals surface area contributed by atoms with E-state index in [0.717, 1.165) is 0 Å². The van der Waals surface area contributed by atoms with Gasteiger partial charge in [0.05, 0.1) is 23.7 Å². The van der Waals surface area contributed by atoms with Crippen LogP contribution in [0.15, 0.2) is 6.20 Å². The van der Waals surface area contributed by atoms with Gasteiger partial charge in [0.25, 0.3) is 6.43 Å². The maximum absolute atomic E-state index is 12.6. The molecule has 0 radical (unpaired) electrons. The predicted octanol–water partition coefficient (Wildman–Crippen LogP) is 3.15. The molecule has 0 aromatic carbocycles. The van der Waals surface area contributed by atoms with Crippen LogP contribution in [0.1, 0.15) is 23.2 Å². The van der Waals surface area contributed by atoms with Crippen LogP contribution in [0, 0.1) is 0 Å². The standard InChI is InChI=1S/C9H7ClF5NO2/c10-1-6-5(3-17)7(18-9(13,14)15)4(2-16-6)8(11)12/h2,8,17H,1,3H2. The van der Waals surface area contributed by atoms with Gasteiger partial charge in [-0.05, 0) is 0 Å². The van der Waals surface area contributed by atoms with Gasteiger partial charge in [0, 0.05) is 11.8 Å². The number of alkyl halides is 6. The molecule has 1 aromatic heterocycles. The Morgan fingerprint density at radius 2 is 2.00 bits per heavy atom. The molecule has 102 valence electrons. The maximum atomic E-state index is 12.6. The first kappa shape index (κ1) is 14.9. The number of aliphatic hydroxyl groups excluding tert-OH is 1. The molecule has 9 heteroatoms. The van der Waals surface area contributed by atoms with Crippen molar-refractivity contribution in [3.05, 3.63) is 23.0 Å². The number of ether oxygens (including phenoxy) is 1. The zero-order chi connectivity index (χ0) is 13.9. The molecule has 1 heterocycles. The molecule has 0 aliphatic carbocycles. The minimum Gasteiger partial charge on any atom is -0.405 e. The van der Waals surface area contributed by atoms with Gasteiger partial charge >= 0.3 is 6.36 Å². The fourth-order valence-corrected chi connectivity index (χ4v) is 1.49. The van der Waals surface area contributed by atoms with Crippen LogP contribution in [0.2, 0.25) is 0 Å². The van der Waals surface area contributed by atoms with Crippen molar-refractivity contribution in [3.8, 4) is 5.75 Å². The molecule has 0 spiro atoms. The highest BCUT2D eigenvalue weighted by Crippen LogP contribution is 2.36. The zero-order valence-corrected chi connectivity index (χ0v) is 9.40. The summed E-state index contributed by atoms with van der Waals surface area (Å²) in [5.74, 6) is -1.49. The van der Waals surface area contributed by atoms with Gasteiger partial charge < -0.3 is 9.84 Å². The van der Waals surface area contributed by atoms with E-state index in [-0.39, 0.29) is 11.6 Å². The number of rotatable bonds is 4. The Hall–Kier alpha value is -1.15. The fourth-order valence-electron chi connectivity index (χ4n) is 1.26. The molecule has 0 aliphatic rings. The average Bonchev–Trinajstić information content (AvgIpc) is 2.25. The fraction of sp³-hybridized carbons (Fsp3) is 0.444. The quantitative estimate of drug-likeness (QED) is 0.684. The summed E-state index contributed by atoms with van der Waals surface area (Å²) in [6, 6.07) is 0. The second-order valence-corrected chi connectivity index (χ2v) is 3.38. The van der Waals surface area contributed by atoms with Crippen molar-refractivity contribution in [3.63, 3.8) is 0 Å². The van der Waals surface area contributed by atoms with Crippen molar-refractivity contribution in [1.82, 2.24) is 4.98 Å². The van der Waals surface area contributed by atoms with Crippen LogP contribution < -0.4 is 4.74 Å². The van der Waals surface area contributed by atoms with Gasteiger partial charge in [-0.2, -0.15) is 0 Å². The highest BCUT2D eigenvalue weighted by Gasteiger charge is 2.35. The Morgan fingerprint density at radius 1 is 1.39 bits per heavy atom. The normalized spacial score (nSPS) is 12.0. The van der Waals surface area contributed by atoms with E-state index in [4.69, 9.17) is 16.7 Å². The molecule has 0 aliphatic heterocycles. The Morgan fingerprint density at radius 3 is 2.39 bits per heavy atom. The highest BCUT2D eigenvalue weighted by molar-refractivity contribution is 6.17. The second-order valence-electron chi connectivity index (χ2n) is 3.11. The van der Waals surface area contributed by atoms with Crippen LogP contribution in [-0.4, -0.2) is 16.5 Å². The Bertz CT molecular complexity index is 424. The number of hydrogen-bond acceptors (Lipinski definition) is 3. The largest absolute Gasteiger partial charge is 0.573 e. The van der Waals surface area contributed by atoms with Gasteiger partial charge in [0.2, 0.25) is 0 Å².